The predicted molar refractivity (Wildman–Crippen MR) is 82.3 cm³/mol. The number of thiocarbonyl (C=S) groups is 1. The van der Waals surface area contributed by atoms with Gasteiger partial charge in [0.1, 0.15) is 4.99 Å². The van der Waals surface area contributed by atoms with E-state index >= 15 is 0 Å². The summed E-state index contributed by atoms with van der Waals surface area (Å²) in [5.74, 6) is 0. The van der Waals surface area contributed by atoms with Gasteiger partial charge in [0.2, 0.25) is 0 Å². The number of hydrogen-bond donors (Lipinski definition) is 1. The van der Waals surface area contributed by atoms with Crippen LogP contribution in [0.5, 0.6) is 0 Å². The molecule has 0 aliphatic carbocycles. The molecule has 1 aromatic rings. The number of nitrogens with zero attached hydrogens (tertiary/aromatic N) is 1. The summed E-state index contributed by atoms with van der Waals surface area (Å²) in [6.45, 7) is 4.66. The Bertz CT molecular complexity index is 453. The van der Waals surface area contributed by atoms with Crippen LogP contribution in [-0.4, -0.2) is 30.8 Å². The minimum atomic E-state index is 0.289. The van der Waals surface area contributed by atoms with Gasteiger partial charge in [-0.2, -0.15) is 0 Å². The number of ether oxygens (including phenoxy) is 1. The zero-order valence-corrected chi connectivity index (χ0v) is 12.8. The maximum absolute atomic E-state index is 5.83. The zero-order valence-electron chi connectivity index (χ0n) is 10.4. The Morgan fingerprint density at radius 3 is 3.06 bits per heavy atom. The molecule has 0 aromatic heterocycles. The van der Waals surface area contributed by atoms with Crippen molar-refractivity contribution in [2.45, 2.75) is 19.4 Å². The molecule has 5 heteroatoms. The van der Waals surface area contributed by atoms with E-state index in [-0.39, 0.29) is 6.10 Å². The van der Waals surface area contributed by atoms with Gasteiger partial charge in [0.25, 0.3) is 0 Å². The molecule has 18 heavy (non-hydrogen) atoms. The first-order valence-corrected chi connectivity index (χ1v) is 7.28. The van der Waals surface area contributed by atoms with Crippen molar-refractivity contribution in [3.05, 3.63) is 28.2 Å². The number of morpholine rings is 1. The smallest absolute Gasteiger partial charge is 0.107 e. The van der Waals surface area contributed by atoms with Gasteiger partial charge >= 0.3 is 0 Å². The van der Waals surface area contributed by atoms with Gasteiger partial charge in [0, 0.05) is 28.8 Å². The number of anilines is 1. The molecule has 1 aromatic carbocycles. The fraction of sp³-hybridized carbons (Fsp3) is 0.462. The largest absolute Gasteiger partial charge is 0.389 e. The molecule has 1 unspecified atom stereocenters. The lowest BCUT2D eigenvalue weighted by Gasteiger charge is -2.35. The number of nitrogens with two attached hydrogens (primary N) is 1. The van der Waals surface area contributed by atoms with Gasteiger partial charge < -0.3 is 15.4 Å². The summed E-state index contributed by atoms with van der Waals surface area (Å²) in [4.78, 5) is 2.73. The van der Waals surface area contributed by atoms with Crippen LogP contribution in [0.25, 0.3) is 0 Å². The highest BCUT2D eigenvalue weighted by atomic mass is 79.9. The van der Waals surface area contributed by atoms with Gasteiger partial charge in [0.15, 0.2) is 0 Å². The van der Waals surface area contributed by atoms with Crippen molar-refractivity contribution in [1.82, 2.24) is 0 Å². The molecule has 1 heterocycles. The SMILES string of the molecule is CCC1CN(c2cccc(Br)c2C(N)=S)CCO1. The fourth-order valence-electron chi connectivity index (χ4n) is 2.21. The van der Waals surface area contributed by atoms with E-state index in [1.54, 1.807) is 0 Å². The number of hydrogen-bond acceptors (Lipinski definition) is 3. The van der Waals surface area contributed by atoms with Crippen LogP contribution in [0.15, 0.2) is 22.7 Å². The molecule has 1 atom stereocenters. The van der Waals surface area contributed by atoms with Gasteiger partial charge in [-0.1, -0.05) is 25.2 Å². The van der Waals surface area contributed by atoms with Crippen LogP contribution in [0.4, 0.5) is 5.69 Å². The van der Waals surface area contributed by atoms with Crippen molar-refractivity contribution >= 4 is 38.8 Å². The summed E-state index contributed by atoms with van der Waals surface area (Å²) < 4.78 is 6.64. The van der Waals surface area contributed by atoms with Crippen LogP contribution in [-0.2, 0) is 4.74 Å². The molecule has 0 amide bonds. The van der Waals surface area contributed by atoms with Crippen molar-refractivity contribution in [2.75, 3.05) is 24.6 Å². The minimum Gasteiger partial charge on any atom is -0.389 e. The van der Waals surface area contributed by atoms with E-state index in [1.165, 1.54) is 0 Å². The highest BCUT2D eigenvalue weighted by Crippen LogP contribution is 2.29. The van der Waals surface area contributed by atoms with E-state index in [0.717, 1.165) is 41.8 Å². The average Bonchev–Trinajstić information content (AvgIpc) is 2.38. The van der Waals surface area contributed by atoms with Gasteiger partial charge in [-0.25, -0.2) is 0 Å². The average molecular weight is 329 g/mol. The van der Waals surface area contributed by atoms with Crippen molar-refractivity contribution in [2.24, 2.45) is 5.73 Å². The van der Waals surface area contributed by atoms with Gasteiger partial charge in [-0.05, 0) is 34.5 Å². The van der Waals surface area contributed by atoms with E-state index in [1.807, 2.05) is 12.1 Å². The molecule has 2 rings (SSSR count). The summed E-state index contributed by atoms with van der Waals surface area (Å²) in [6, 6.07) is 6.05. The summed E-state index contributed by atoms with van der Waals surface area (Å²) >= 11 is 8.68. The predicted octanol–water partition coefficient (Wildman–Crippen LogP) is 2.70. The Kier molecular flexibility index (Phi) is 4.59. The lowest BCUT2D eigenvalue weighted by atomic mass is 10.1. The van der Waals surface area contributed by atoms with Gasteiger partial charge in [-0.3, -0.25) is 0 Å². The molecule has 0 bridgehead atoms. The van der Waals surface area contributed by atoms with E-state index < -0.39 is 0 Å². The third kappa shape index (κ3) is 2.84. The topological polar surface area (TPSA) is 38.5 Å². The molecule has 98 valence electrons. The molecule has 2 N–H and O–H groups in total. The molecule has 0 spiro atoms. The molecule has 1 aliphatic rings. The number of benzene rings is 1. The standard InChI is InChI=1S/C13H17BrN2OS/c1-2-9-8-16(6-7-17-9)11-5-3-4-10(14)12(11)13(15)18/h3-5,9H,2,6-8H2,1H3,(H2,15,18). The summed E-state index contributed by atoms with van der Waals surface area (Å²) in [6.07, 6.45) is 1.31. The maximum atomic E-state index is 5.83. The van der Waals surface area contributed by atoms with Crippen LogP contribution in [0.1, 0.15) is 18.9 Å². The Labute approximate surface area is 121 Å². The van der Waals surface area contributed by atoms with Crippen molar-refractivity contribution in [1.29, 1.82) is 0 Å². The lowest BCUT2D eigenvalue weighted by Crippen LogP contribution is -2.43. The second-order valence-electron chi connectivity index (χ2n) is 4.35. The van der Waals surface area contributed by atoms with Gasteiger partial charge in [-0.15, -0.1) is 0 Å². The van der Waals surface area contributed by atoms with Crippen LogP contribution >= 0.6 is 28.1 Å². The van der Waals surface area contributed by atoms with Crippen molar-refractivity contribution in [3.63, 3.8) is 0 Å². The summed E-state index contributed by atoms with van der Waals surface area (Å²) in [5.41, 5.74) is 7.85. The van der Waals surface area contributed by atoms with Crippen LogP contribution in [0, 0.1) is 0 Å². The Balaban J connectivity index is 2.32. The zero-order chi connectivity index (χ0) is 13.1. The quantitative estimate of drug-likeness (QED) is 0.866. The molecule has 1 saturated heterocycles. The third-order valence-electron chi connectivity index (χ3n) is 3.17. The Morgan fingerprint density at radius 2 is 2.39 bits per heavy atom. The minimum absolute atomic E-state index is 0.289. The van der Waals surface area contributed by atoms with Crippen LogP contribution in [0.3, 0.4) is 0 Å². The second-order valence-corrected chi connectivity index (χ2v) is 5.64. The van der Waals surface area contributed by atoms with Crippen molar-refractivity contribution in [3.8, 4) is 0 Å². The number of rotatable bonds is 3. The first kappa shape index (κ1) is 13.8. The highest BCUT2D eigenvalue weighted by molar-refractivity contribution is 9.10. The number of halogens is 1. The highest BCUT2D eigenvalue weighted by Gasteiger charge is 2.22. The molecular weight excluding hydrogens is 312 g/mol. The van der Waals surface area contributed by atoms with E-state index in [2.05, 4.69) is 33.8 Å². The van der Waals surface area contributed by atoms with E-state index in [4.69, 9.17) is 22.7 Å². The Hall–Kier alpha value is -0.650. The first-order valence-electron chi connectivity index (χ1n) is 6.08. The molecule has 3 nitrogen and oxygen atoms in total. The van der Waals surface area contributed by atoms with Crippen LogP contribution in [0.2, 0.25) is 0 Å². The summed E-state index contributed by atoms with van der Waals surface area (Å²) in [7, 11) is 0. The first-order chi connectivity index (χ1) is 8.63. The van der Waals surface area contributed by atoms with Gasteiger partial charge in [0.05, 0.1) is 12.7 Å². The van der Waals surface area contributed by atoms with Crippen LogP contribution < -0.4 is 10.6 Å². The normalized spacial score (nSPS) is 19.9. The molecule has 0 radical (unpaired) electrons. The molecular formula is C13H17BrN2OS. The second kappa shape index (κ2) is 5.99. The maximum Gasteiger partial charge on any atom is 0.107 e. The Morgan fingerprint density at radius 1 is 1.61 bits per heavy atom. The molecule has 0 saturated carbocycles. The monoisotopic (exact) mass is 328 g/mol. The molecule has 1 fully saturated rings. The van der Waals surface area contributed by atoms with E-state index in [9.17, 15) is 0 Å². The summed E-state index contributed by atoms with van der Waals surface area (Å²) in [5, 5.41) is 0. The lowest BCUT2D eigenvalue weighted by molar-refractivity contribution is 0.0384. The third-order valence-corrected chi connectivity index (χ3v) is 4.04. The van der Waals surface area contributed by atoms with E-state index in [0.29, 0.717) is 4.99 Å². The van der Waals surface area contributed by atoms with Crippen molar-refractivity contribution < 1.29 is 4.74 Å². The molecule has 1 aliphatic heterocycles. The fourth-order valence-corrected chi connectivity index (χ4v) is 3.12.